The van der Waals surface area contributed by atoms with Crippen molar-refractivity contribution in [2.75, 3.05) is 6.54 Å². The fourth-order valence-electron chi connectivity index (χ4n) is 1.70. The molecule has 94 valence electrons. The fourth-order valence-corrected chi connectivity index (χ4v) is 1.70. The highest BCUT2D eigenvalue weighted by Gasteiger charge is 2.07. The van der Waals surface area contributed by atoms with E-state index in [-0.39, 0.29) is 17.1 Å². The van der Waals surface area contributed by atoms with Gasteiger partial charge in [-0.25, -0.2) is 0 Å². The molecule has 0 aliphatic carbocycles. The Morgan fingerprint density at radius 1 is 1.53 bits per heavy atom. The van der Waals surface area contributed by atoms with Gasteiger partial charge >= 0.3 is 0 Å². The minimum absolute atomic E-state index is 0.0523. The second kappa shape index (κ2) is 6.08. The molecule has 0 radical (unpaired) electrons. The van der Waals surface area contributed by atoms with E-state index >= 15 is 0 Å². The van der Waals surface area contributed by atoms with Crippen LogP contribution in [0.3, 0.4) is 0 Å². The Labute approximate surface area is 100 Å². The summed E-state index contributed by atoms with van der Waals surface area (Å²) in [5.74, 6) is -0.224. The number of nitrogens with zero attached hydrogens (tertiary/aromatic N) is 1. The average Bonchev–Trinajstić information content (AvgIpc) is 2.29. The second-order valence-electron chi connectivity index (χ2n) is 3.86. The molecule has 0 saturated heterocycles. The number of aromatic hydroxyl groups is 1. The first-order valence-corrected chi connectivity index (χ1v) is 5.72. The van der Waals surface area contributed by atoms with E-state index in [1.165, 1.54) is 13.0 Å². The molecule has 0 unspecified atom stereocenters. The summed E-state index contributed by atoms with van der Waals surface area (Å²) in [6.07, 6.45) is 3.03. The summed E-state index contributed by atoms with van der Waals surface area (Å²) in [7, 11) is 0. The van der Waals surface area contributed by atoms with Gasteiger partial charge in [0.15, 0.2) is 5.75 Å². The van der Waals surface area contributed by atoms with Crippen LogP contribution in [0.4, 0.5) is 0 Å². The van der Waals surface area contributed by atoms with E-state index in [4.69, 9.17) is 0 Å². The molecule has 0 aliphatic rings. The molecule has 0 aliphatic heterocycles. The topological polar surface area (TPSA) is 71.3 Å². The van der Waals surface area contributed by atoms with Crippen LogP contribution in [0, 0.1) is 0 Å². The fraction of sp³-hybridized carbons (Fsp3) is 0.500. The lowest BCUT2D eigenvalue weighted by atomic mass is 10.2. The zero-order chi connectivity index (χ0) is 12.8. The maximum Gasteiger partial charge on any atom is 0.223 e. The van der Waals surface area contributed by atoms with Crippen molar-refractivity contribution >= 4 is 5.91 Å². The molecule has 5 heteroatoms. The van der Waals surface area contributed by atoms with Gasteiger partial charge in [0.2, 0.25) is 11.3 Å². The van der Waals surface area contributed by atoms with Crippen molar-refractivity contribution in [3.8, 4) is 5.75 Å². The van der Waals surface area contributed by atoms with Gasteiger partial charge in [-0.3, -0.25) is 9.59 Å². The van der Waals surface area contributed by atoms with Gasteiger partial charge < -0.3 is 15.0 Å². The third-order valence-corrected chi connectivity index (χ3v) is 2.54. The highest BCUT2D eigenvalue weighted by molar-refractivity contribution is 5.72. The molecule has 0 spiro atoms. The predicted octanol–water partition coefficient (Wildman–Crippen LogP) is 0.642. The molecule has 1 amide bonds. The van der Waals surface area contributed by atoms with Crippen molar-refractivity contribution in [2.45, 2.75) is 33.2 Å². The van der Waals surface area contributed by atoms with Crippen molar-refractivity contribution in [2.24, 2.45) is 0 Å². The summed E-state index contributed by atoms with van der Waals surface area (Å²) in [5.41, 5.74) is 0.292. The number of aryl methyl sites for hydroxylation is 1. The van der Waals surface area contributed by atoms with E-state index in [1.54, 1.807) is 6.20 Å². The van der Waals surface area contributed by atoms with Gasteiger partial charge in [-0.2, -0.15) is 0 Å². The summed E-state index contributed by atoms with van der Waals surface area (Å²) >= 11 is 0. The lowest BCUT2D eigenvalue weighted by Gasteiger charge is -2.13. The summed E-state index contributed by atoms with van der Waals surface area (Å²) < 4.78 is 1.85. The van der Waals surface area contributed by atoms with Crippen LogP contribution < -0.4 is 10.7 Å². The Bertz CT molecular complexity index is 452. The molecular weight excluding hydrogens is 220 g/mol. The van der Waals surface area contributed by atoms with Gasteiger partial charge in [0, 0.05) is 32.3 Å². The van der Waals surface area contributed by atoms with E-state index in [2.05, 4.69) is 5.32 Å². The van der Waals surface area contributed by atoms with E-state index in [0.29, 0.717) is 25.2 Å². The first-order valence-electron chi connectivity index (χ1n) is 5.72. The van der Waals surface area contributed by atoms with Crippen LogP contribution in [-0.2, 0) is 17.8 Å². The lowest BCUT2D eigenvalue weighted by molar-refractivity contribution is -0.118. The number of hydrogen-bond donors (Lipinski definition) is 2. The standard InChI is InChI=1S/C12H18N2O3/c1-3-10-12(17)11(16)5-8-14(10)7-4-6-13-9(2)15/h5,8,17H,3-4,6-7H2,1-2H3,(H,13,15). The predicted molar refractivity (Wildman–Crippen MR) is 65.0 cm³/mol. The van der Waals surface area contributed by atoms with Crippen molar-refractivity contribution in [1.82, 2.24) is 9.88 Å². The Hall–Kier alpha value is -1.78. The van der Waals surface area contributed by atoms with Gasteiger partial charge in [-0.15, -0.1) is 0 Å². The van der Waals surface area contributed by atoms with Crippen LogP contribution in [0.1, 0.15) is 26.0 Å². The van der Waals surface area contributed by atoms with Crippen molar-refractivity contribution < 1.29 is 9.90 Å². The number of amides is 1. The normalized spacial score (nSPS) is 10.2. The lowest BCUT2D eigenvalue weighted by Crippen LogP contribution is -2.22. The minimum atomic E-state index is -0.347. The second-order valence-corrected chi connectivity index (χ2v) is 3.86. The summed E-state index contributed by atoms with van der Waals surface area (Å²) in [5, 5.41) is 12.3. The van der Waals surface area contributed by atoms with E-state index < -0.39 is 0 Å². The number of carbonyl (C=O) groups excluding carboxylic acids is 1. The smallest absolute Gasteiger partial charge is 0.223 e. The third-order valence-electron chi connectivity index (χ3n) is 2.54. The van der Waals surface area contributed by atoms with Crippen molar-refractivity contribution in [3.63, 3.8) is 0 Å². The molecule has 5 nitrogen and oxygen atoms in total. The summed E-state index contributed by atoms with van der Waals surface area (Å²) in [6, 6.07) is 1.35. The minimum Gasteiger partial charge on any atom is -0.503 e. The number of aromatic nitrogens is 1. The molecule has 1 aromatic heterocycles. The highest BCUT2D eigenvalue weighted by atomic mass is 16.3. The monoisotopic (exact) mass is 238 g/mol. The Morgan fingerprint density at radius 3 is 2.82 bits per heavy atom. The Kier molecular flexibility index (Phi) is 4.75. The van der Waals surface area contributed by atoms with Crippen LogP contribution in [-0.4, -0.2) is 22.1 Å². The molecule has 2 N–H and O–H groups in total. The van der Waals surface area contributed by atoms with Gasteiger partial charge in [-0.1, -0.05) is 6.92 Å². The van der Waals surface area contributed by atoms with Crippen LogP contribution in [0.2, 0.25) is 0 Å². The van der Waals surface area contributed by atoms with Crippen LogP contribution in [0.15, 0.2) is 17.1 Å². The molecule has 0 saturated carbocycles. The zero-order valence-corrected chi connectivity index (χ0v) is 10.2. The quantitative estimate of drug-likeness (QED) is 0.740. The van der Waals surface area contributed by atoms with Crippen LogP contribution in [0.5, 0.6) is 5.75 Å². The third kappa shape index (κ3) is 3.62. The number of pyridine rings is 1. The first kappa shape index (κ1) is 13.3. The SMILES string of the molecule is CCc1c(O)c(=O)ccn1CCCNC(C)=O. The number of rotatable bonds is 5. The summed E-state index contributed by atoms with van der Waals surface area (Å²) in [6.45, 7) is 4.62. The van der Waals surface area contributed by atoms with E-state index in [9.17, 15) is 14.7 Å². The summed E-state index contributed by atoms with van der Waals surface area (Å²) in [4.78, 5) is 21.9. The van der Waals surface area contributed by atoms with Gasteiger partial charge in [0.1, 0.15) is 0 Å². The number of hydrogen-bond acceptors (Lipinski definition) is 3. The molecule has 17 heavy (non-hydrogen) atoms. The maximum atomic E-state index is 11.2. The molecule has 0 fully saturated rings. The maximum absolute atomic E-state index is 11.2. The number of carbonyl (C=O) groups is 1. The molecule has 0 aromatic carbocycles. The average molecular weight is 238 g/mol. The van der Waals surface area contributed by atoms with Crippen molar-refractivity contribution in [3.05, 3.63) is 28.2 Å². The Morgan fingerprint density at radius 2 is 2.24 bits per heavy atom. The van der Waals surface area contributed by atoms with E-state index in [1.807, 2.05) is 11.5 Å². The molecular formula is C12H18N2O3. The van der Waals surface area contributed by atoms with Gasteiger partial charge in [0.25, 0.3) is 0 Å². The van der Waals surface area contributed by atoms with Crippen LogP contribution >= 0.6 is 0 Å². The zero-order valence-electron chi connectivity index (χ0n) is 10.2. The number of nitrogens with one attached hydrogen (secondary N) is 1. The van der Waals surface area contributed by atoms with E-state index in [0.717, 1.165) is 6.42 Å². The van der Waals surface area contributed by atoms with Gasteiger partial charge in [-0.05, 0) is 12.8 Å². The molecule has 0 bridgehead atoms. The van der Waals surface area contributed by atoms with Crippen molar-refractivity contribution in [1.29, 1.82) is 0 Å². The van der Waals surface area contributed by atoms with Crippen LogP contribution in [0.25, 0.3) is 0 Å². The Balaban J connectivity index is 2.68. The molecule has 1 aromatic rings. The largest absolute Gasteiger partial charge is 0.503 e. The highest BCUT2D eigenvalue weighted by Crippen LogP contribution is 2.12. The molecule has 0 atom stereocenters. The van der Waals surface area contributed by atoms with Gasteiger partial charge in [0.05, 0.1) is 5.69 Å². The molecule has 1 heterocycles. The first-order chi connectivity index (χ1) is 8.06. The molecule has 1 rings (SSSR count).